The second-order valence-electron chi connectivity index (χ2n) is 4.91. The van der Waals surface area contributed by atoms with Gasteiger partial charge in [0, 0.05) is 12.6 Å². The molecule has 0 aromatic carbocycles. The van der Waals surface area contributed by atoms with Crippen LogP contribution in [0.15, 0.2) is 0 Å². The number of amides is 1. The fourth-order valence-corrected chi connectivity index (χ4v) is 2.12. The van der Waals surface area contributed by atoms with Gasteiger partial charge in [-0.25, -0.2) is 0 Å². The number of rotatable bonds is 8. The van der Waals surface area contributed by atoms with Crippen molar-refractivity contribution < 1.29 is 9.90 Å². The topological polar surface area (TPSA) is 52.6 Å². The highest BCUT2D eigenvalue weighted by Crippen LogP contribution is 2.26. The standard InChI is InChI=1S/C14H24N2O2/c1-4-14(5-2,6-3)15-13(18)11-16(9-10-17)12-7-8-12/h1,12,17H,5-11H2,2-3H3,(H,15,18). The van der Waals surface area contributed by atoms with Crippen molar-refractivity contribution in [1.29, 1.82) is 0 Å². The number of carbonyl (C=O) groups excluding carboxylic acids is 1. The molecular formula is C14H24N2O2. The molecule has 1 saturated carbocycles. The largest absolute Gasteiger partial charge is 0.395 e. The Morgan fingerprint density at radius 1 is 1.50 bits per heavy atom. The molecule has 18 heavy (non-hydrogen) atoms. The van der Waals surface area contributed by atoms with Gasteiger partial charge in [-0.15, -0.1) is 6.42 Å². The van der Waals surface area contributed by atoms with Crippen molar-refractivity contribution in [3.05, 3.63) is 0 Å². The Morgan fingerprint density at radius 2 is 2.11 bits per heavy atom. The Hall–Kier alpha value is -1.05. The van der Waals surface area contributed by atoms with Gasteiger partial charge in [-0.1, -0.05) is 19.8 Å². The van der Waals surface area contributed by atoms with Crippen molar-refractivity contribution >= 4 is 5.91 Å². The molecule has 0 unspecified atom stereocenters. The highest BCUT2D eigenvalue weighted by Gasteiger charge is 2.31. The van der Waals surface area contributed by atoms with Crippen LogP contribution >= 0.6 is 0 Å². The SMILES string of the molecule is C#CC(CC)(CC)NC(=O)CN(CCO)C1CC1. The number of hydrogen-bond acceptors (Lipinski definition) is 3. The van der Waals surface area contributed by atoms with Crippen LogP contribution in [0.2, 0.25) is 0 Å². The highest BCUT2D eigenvalue weighted by atomic mass is 16.3. The van der Waals surface area contributed by atoms with Crippen LogP contribution in [-0.2, 0) is 4.79 Å². The normalized spacial score (nSPS) is 15.5. The lowest BCUT2D eigenvalue weighted by Gasteiger charge is -2.29. The third-order valence-electron chi connectivity index (χ3n) is 3.66. The number of nitrogens with zero attached hydrogens (tertiary/aromatic N) is 1. The third-order valence-corrected chi connectivity index (χ3v) is 3.66. The molecule has 0 heterocycles. The molecule has 0 atom stereocenters. The van der Waals surface area contributed by atoms with Gasteiger partial charge in [0.25, 0.3) is 0 Å². The number of terminal acetylenes is 1. The van der Waals surface area contributed by atoms with Crippen LogP contribution < -0.4 is 5.32 Å². The van der Waals surface area contributed by atoms with E-state index in [0.29, 0.717) is 19.1 Å². The number of aliphatic hydroxyl groups excluding tert-OH is 1. The van der Waals surface area contributed by atoms with Gasteiger partial charge in [0.2, 0.25) is 5.91 Å². The van der Waals surface area contributed by atoms with E-state index >= 15 is 0 Å². The lowest BCUT2D eigenvalue weighted by Crippen LogP contribution is -2.50. The number of hydrogen-bond donors (Lipinski definition) is 2. The summed E-state index contributed by atoms with van der Waals surface area (Å²) < 4.78 is 0. The minimum Gasteiger partial charge on any atom is -0.395 e. The lowest BCUT2D eigenvalue weighted by atomic mass is 9.94. The maximum Gasteiger partial charge on any atom is 0.235 e. The van der Waals surface area contributed by atoms with Crippen LogP contribution in [0.4, 0.5) is 0 Å². The summed E-state index contributed by atoms with van der Waals surface area (Å²) in [5.41, 5.74) is -0.522. The molecule has 0 spiro atoms. The van der Waals surface area contributed by atoms with Crippen molar-refractivity contribution in [1.82, 2.24) is 10.2 Å². The highest BCUT2D eigenvalue weighted by molar-refractivity contribution is 5.79. The van der Waals surface area contributed by atoms with E-state index in [1.54, 1.807) is 0 Å². The molecule has 102 valence electrons. The maximum absolute atomic E-state index is 12.0. The predicted molar refractivity (Wildman–Crippen MR) is 72.0 cm³/mol. The third kappa shape index (κ3) is 4.01. The van der Waals surface area contributed by atoms with E-state index in [-0.39, 0.29) is 12.5 Å². The minimum atomic E-state index is -0.522. The van der Waals surface area contributed by atoms with Crippen LogP contribution in [-0.4, -0.2) is 47.2 Å². The summed E-state index contributed by atoms with van der Waals surface area (Å²) in [5.74, 6) is 2.65. The van der Waals surface area contributed by atoms with E-state index in [9.17, 15) is 4.79 Å². The smallest absolute Gasteiger partial charge is 0.235 e. The summed E-state index contributed by atoms with van der Waals surface area (Å²) in [6.45, 7) is 4.94. The monoisotopic (exact) mass is 252 g/mol. The first-order chi connectivity index (χ1) is 8.60. The minimum absolute atomic E-state index is 0.0444. The Bertz CT molecular complexity index is 314. The van der Waals surface area contributed by atoms with Gasteiger partial charge in [0.1, 0.15) is 5.54 Å². The molecule has 4 heteroatoms. The number of carbonyl (C=O) groups is 1. The van der Waals surface area contributed by atoms with E-state index in [4.69, 9.17) is 11.5 Å². The molecule has 0 aliphatic heterocycles. The van der Waals surface area contributed by atoms with Gasteiger partial charge in [-0.2, -0.15) is 0 Å². The summed E-state index contributed by atoms with van der Waals surface area (Å²) in [6.07, 6.45) is 9.22. The van der Waals surface area contributed by atoms with E-state index < -0.39 is 5.54 Å². The van der Waals surface area contributed by atoms with E-state index in [0.717, 1.165) is 25.7 Å². The molecule has 0 saturated heterocycles. The molecule has 0 radical (unpaired) electrons. The molecule has 1 amide bonds. The fraction of sp³-hybridized carbons (Fsp3) is 0.786. The van der Waals surface area contributed by atoms with Crippen LogP contribution in [0.25, 0.3) is 0 Å². The maximum atomic E-state index is 12.0. The zero-order valence-corrected chi connectivity index (χ0v) is 11.4. The fourth-order valence-electron chi connectivity index (χ4n) is 2.12. The van der Waals surface area contributed by atoms with E-state index in [1.807, 2.05) is 18.7 Å². The van der Waals surface area contributed by atoms with Gasteiger partial charge >= 0.3 is 0 Å². The van der Waals surface area contributed by atoms with E-state index in [2.05, 4.69) is 11.2 Å². The molecule has 4 nitrogen and oxygen atoms in total. The zero-order valence-electron chi connectivity index (χ0n) is 11.4. The molecule has 2 N–H and O–H groups in total. The van der Waals surface area contributed by atoms with Crippen LogP contribution in [0.1, 0.15) is 39.5 Å². The molecular weight excluding hydrogens is 228 g/mol. The Kier molecular flexibility index (Phi) is 5.64. The summed E-state index contributed by atoms with van der Waals surface area (Å²) >= 11 is 0. The van der Waals surface area contributed by atoms with E-state index in [1.165, 1.54) is 0 Å². The first-order valence-electron chi connectivity index (χ1n) is 6.74. The summed E-state index contributed by atoms with van der Waals surface area (Å²) in [5, 5.41) is 11.9. The van der Waals surface area contributed by atoms with Gasteiger partial charge in [0.05, 0.1) is 13.2 Å². The summed E-state index contributed by atoms with van der Waals surface area (Å²) in [6, 6.07) is 0.464. The van der Waals surface area contributed by atoms with Crippen LogP contribution in [0, 0.1) is 12.3 Å². The zero-order chi connectivity index (χ0) is 13.6. The quantitative estimate of drug-likeness (QED) is 0.627. The first-order valence-corrected chi connectivity index (χ1v) is 6.74. The molecule has 1 rings (SSSR count). The molecule has 1 fully saturated rings. The Morgan fingerprint density at radius 3 is 2.50 bits per heavy atom. The Labute approximate surface area is 110 Å². The summed E-state index contributed by atoms with van der Waals surface area (Å²) in [4.78, 5) is 14.1. The second-order valence-corrected chi connectivity index (χ2v) is 4.91. The van der Waals surface area contributed by atoms with Crippen LogP contribution in [0.3, 0.4) is 0 Å². The van der Waals surface area contributed by atoms with Crippen molar-refractivity contribution in [2.75, 3.05) is 19.7 Å². The van der Waals surface area contributed by atoms with Gasteiger partial charge in [-0.05, 0) is 25.7 Å². The molecule has 0 aromatic heterocycles. The lowest BCUT2D eigenvalue weighted by molar-refractivity contribution is -0.123. The van der Waals surface area contributed by atoms with Gasteiger partial charge in [-0.3, -0.25) is 9.69 Å². The first kappa shape index (κ1) is 15.0. The Balaban J connectivity index is 2.51. The number of aliphatic hydroxyl groups is 1. The molecule has 0 aromatic rings. The van der Waals surface area contributed by atoms with Crippen molar-refractivity contribution in [3.8, 4) is 12.3 Å². The molecule has 1 aliphatic rings. The van der Waals surface area contributed by atoms with Gasteiger partial charge in [0.15, 0.2) is 0 Å². The van der Waals surface area contributed by atoms with Crippen molar-refractivity contribution in [2.45, 2.75) is 51.1 Å². The molecule has 0 bridgehead atoms. The average Bonchev–Trinajstić information content (AvgIpc) is 3.20. The molecule has 1 aliphatic carbocycles. The van der Waals surface area contributed by atoms with Crippen LogP contribution in [0.5, 0.6) is 0 Å². The number of nitrogens with one attached hydrogen (secondary N) is 1. The summed E-state index contributed by atoms with van der Waals surface area (Å²) in [7, 11) is 0. The predicted octanol–water partition coefficient (Wildman–Crippen LogP) is 0.751. The second kappa shape index (κ2) is 6.77. The van der Waals surface area contributed by atoms with Crippen molar-refractivity contribution in [2.24, 2.45) is 0 Å². The average molecular weight is 252 g/mol. The van der Waals surface area contributed by atoms with Gasteiger partial charge < -0.3 is 10.4 Å². The van der Waals surface area contributed by atoms with Crippen molar-refractivity contribution in [3.63, 3.8) is 0 Å².